The van der Waals surface area contributed by atoms with Gasteiger partial charge in [-0.3, -0.25) is 13.8 Å². The number of rotatable bonds is 27. The fourth-order valence-electron chi connectivity index (χ4n) is 3.58. The number of carbonyl (C=O) groups excluding carboxylic acids is 1. The van der Waals surface area contributed by atoms with Crippen LogP contribution in [0, 0.1) is 0 Å². The van der Waals surface area contributed by atoms with Crippen LogP contribution in [0.15, 0.2) is 12.2 Å². The molecule has 0 aromatic carbocycles. The number of hydrogen-bond acceptors (Lipinski definition) is 7. The number of esters is 1. The minimum atomic E-state index is -4.24. The molecule has 36 heavy (non-hydrogen) atoms. The zero-order chi connectivity index (χ0) is 26.7. The minimum Gasteiger partial charge on any atom is -0.457 e. The first-order valence-electron chi connectivity index (χ1n) is 14.2. The summed E-state index contributed by atoms with van der Waals surface area (Å²) in [5, 5.41) is 0. The number of allylic oxidation sites excluding steroid dienone is 2. The van der Waals surface area contributed by atoms with Gasteiger partial charge >= 0.3 is 13.8 Å². The molecule has 2 unspecified atom stereocenters. The molecule has 0 radical (unpaired) electrons. The number of phosphoric ester groups is 1. The van der Waals surface area contributed by atoms with E-state index < -0.39 is 13.9 Å². The van der Waals surface area contributed by atoms with E-state index in [1.165, 1.54) is 64.2 Å². The molecule has 9 heteroatoms. The summed E-state index contributed by atoms with van der Waals surface area (Å²) in [5.74, 6) is -0.359. The van der Waals surface area contributed by atoms with Crippen molar-refractivity contribution in [2.24, 2.45) is 5.73 Å². The van der Waals surface area contributed by atoms with E-state index >= 15 is 0 Å². The monoisotopic (exact) mass is 535 g/mol. The van der Waals surface area contributed by atoms with Crippen LogP contribution in [0.2, 0.25) is 0 Å². The predicted molar refractivity (Wildman–Crippen MR) is 146 cm³/mol. The smallest absolute Gasteiger partial charge is 0.457 e. The average Bonchev–Trinajstić information content (AvgIpc) is 2.86. The molecule has 2 atom stereocenters. The Hall–Kier alpha value is -0.760. The van der Waals surface area contributed by atoms with Crippen LogP contribution in [0.1, 0.15) is 117 Å². The fourth-order valence-corrected chi connectivity index (χ4v) is 4.34. The molecular weight excluding hydrogens is 481 g/mol. The Bertz CT molecular complexity index is 574. The van der Waals surface area contributed by atoms with Gasteiger partial charge in [0.15, 0.2) is 0 Å². The van der Waals surface area contributed by atoms with Gasteiger partial charge in [0.1, 0.15) is 6.10 Å². The van der Waals surface area contributed by atoms with E-state index in [-0.39, 0.29) is 32.3 Å². The van der Waals surface area contributed by atoms with E-state index in [0.29, 0.717) is 13.0 Å². The van der Waals surface area contributed by atoms with Gasteiger partial charge in [0.05, 0.1) is 19.8 Å². The summed E-state index contributed by atoms with van der Waals surface area (Å²) in [6, 6.07) is 0. The van der Waals surface area contributed by atoms with Gasteiger partial charge in [-0.15, -0.1) is 0 Å². The molecule has 3 N–H and O–H groups in total. The lowest BCUT2D eigenvalue weighted by atomic mass is 10.1. The van der Waals surface area contributed by atoms with Gasteiger partial charge < -0.3 is 20.1 Å². The third kappa shape index (κ3) is 24.9. The fraction of sp³-hybridized carbons (Fsp3) is 0.889. The highest BCUT2D eigenvalue weighted by molar-refractivity contribution is 7.47. The van der Waals surface area contributed by atoms with Crippen molar-refractivity contribution in [3.63, 3.8) is 0 Å². The molecule has 0 rings (SSSR count). The van der Waals surface area contributed by atoms with E-state index in [4.69, 9.17) is 24.3 Å². The van der Waals surface area contributed by atoms with Crippen molar-refractivity contribution >= 4 is 13.8 Å². The van der Waals surface area contributed by atoms with E-state index in [0.717, 1.165) is 32.1 Å². The number of nitrogens with two attached hydrogens (primary N) is 1. The van der Waals surface area contributed by atoms with Crippen molar-refractivity contribution in [3.8, 4) is 0 Å². The second-order valence-corrected chi connectivity index (χ2v) is 10.7. The number of carbonyl (C=O) groups is 1. The van der Waals surface area contributed by atoms with Crippen molar-refractivity contribution in [1.82, 2.24) is 0 Å². The molecule has 0 bridgehead atoms. The van der Waals surface area contributed by atoms with E-state index in [2.05, 4.69) is 26.0 Å². The summed E-state index contributed by atoms with van der Waals surface area (Å²) in [5.41, 5.74) is 5.28. The largest absolute Gasteiger partial charge is 0.472 e. The van der Waals surface area contributed by atoms with Crippen LogP contribution in [-0.4, -0.2) is 49.9 Å². The molecule has 0 amide bonds. The van der Waals surface area contributed by atoms with E-state index in [9.17, 15) is 14.3 Å². The molecule has 0 saturated heterocycles. The number of ether oxygens (including phenoxy) is 2. The summed E-state index contributed by atoms with van der Waals surface area (Å²) in [4.78, 5) is 21.8. The normalized spacial score (nSPS) is 14.2. The first-order chi connectivity index (χ1) is 17.4. The number of unbranched alkanes of at least 4 members (excludes halogenated alkanes) is 12. The van der Waals surface area contributed by atoms with Crippen molar-refractivity contribution in [2.75, 3.05) is 33.0 Å². The molecule has 0 heterocycles. The molecule has 0 saturated carbocycles. The highest BCUT2D eigenvalue weighted by Gasteiger charge is 2.25. The summed E-state index contributed by atoms with van der Waals surface area (Å²) < 4.78 is 32.7. The number of hydrogen-bond donors (Lipinski definition) is 2. The molecule has 0 spiro atoms. The van der Waals surface area contributed by atoms with Gasteiger partial charge in [0.25, 0.3) is 0 Å². The summed E-state index contributed by atoms with van der Waals surface area (Å²) >= 11 is 0. The molecule has 0 aliphatic rings. The molecule has 0 aromatic heterocycles. The molecule has 0 aliphatic carbocycles. The van der Waals surface area contributed by atoms with E-state index in [1.807, 2.05) is 0 Å². The van der Waals surface area contributed by atoms with Gasteiger partial charge in [-0.05, 0) is 38.5 Å². The Balaban J connectivity index is 3.99. The lowest BCUT2D eigenvalue weighted by Gasteiger charge is -2.20. The Morgan fingerprint density at radius 1 is 0.806 bits per heavy atom. The first-order valence-corrected chi connectivity index (χ1v) is 15.7. The minimum absolute atomic E-state index is 0.0957. The number of phosphoric acid groups is 1. The maximum Gasteiger partial charge on any atom is 0.472 e. The third-order valence-electron chi connectivity index (χ3n) is 5.68. The van der Waals surface area contributed by atoms with E-state index in [1.54, 1.807) is 0 Å². The average molecular weight is 536 g/mol. The topological polar surface area (TPSA) is 117 Å². The quantitative estimate of drug-likeness (QED) is 0.0508. The van der Waals surface area contributed by atoms with Gasteiger partial charge in [-0.1, -0.05) is 83.8 Å². The lowest BCUT2D eigenvalue weighted by molar-refractivity contribution is -0.154. The maximum absolute atomic E-state index is 12.1. The zero-order valence-corrected chi connectivity index (χ0v) is 23.9. The second kappa shape index (κ2) is 25.9. The summed E-state index contributed by atoms with van der Waals surface area (Å²) in [6.07, 6.45) is 21.5. The van der Waals surface area contributed by atoms with Crippen LogP contribution < -0.4 is 5.73 Å². The summed E-state index contributed by atoms with van der Waals surface area (Å²) in [7, 11) is -4.24. The van der Waals surface area contributed by atoms with Crippen molar-refractivity contribution in [1.29, 1.82) is 0 Å². The van der Waals surface area contributed by atoms with Gasteiger partial charge in [-0.25, -0.2) is 4.57 Å². The van der Waals surface area contributed by atoms with Crippen LogP contribution >= 0.6 is 7.82 Å². The van der Waals surface area contributed by atoms with Gasteiger partial charge in [0, 0.05) is 19.6 Å². The zero-order valence-electron chi connectivity index (χ0n) is 23.0. The van der Waals surface area contributed by atoms with Crippen LogP contribution in [0.5, 0.6) is 0 Å². The second-order valence-electron chi connectivity index (χ2n) is 9.26. The maximum atomic E-state index is 12.1. The van der Waals surface area contributed by atoms with Gasteiger partial charge in [0.2, 0.25) is 0 Å². The standard InChI is InChI=1S/C27H54NO7P/c1-3-5-7-8-9-10-11-12-13-14-15-16-17-19-22-32-24-26(35-27(29)20-18-6-4-2)25-34-36(30,31)33-23-21-28/h10-11,26H,3-9,12-25,28H2,1-2H3,(H,30,31)/b11-10-. The Kier molecular flexibility index (Phi) is 25.3. The van der Waals surface area contributed by atoms with Gasteiger partial charge in [-0.2, -0.15) is 0 Å². The highest BCUT2D eigenvalue weighted by atomic mass is 31.2. The first kappa shape index (κ1) is 35.2. The van der Waals surface area contributed by atoms with Crippen LogP contribution in [0.3, 0.4) is 0 Å². The molecular formula is C27H54NO7P. The summed E-state index contributed by atoms with van der Waals surface area (Å²) in [6.45, 7) is 4.69. The van der Waals surface area contributed by atoms with Crippen LogP contribution in [0.25, 0.3) is 0 Å². The molecule has 214 valence electrons. The molecule has 0 aliphatic heterocycles. The lowest BCUT2D eigenvalue weighted by Crippen LogP contribution is -2.28. The predicted octanol–water partition coefficient (Wildman–Crippen LogP) is 6.84. The Labute approximate surface area is 220 Å². The van der Waals surface area contributed by atoms with Crippen molar-refractivity contribution < 1.29 is 32.8 Å². The Morgan fingerprint density at radius 2 is 1.39 bits per heavy atom. The SMILES string of the molecule is CCCCCC/C=C\CCCCCCCCOCC(COP(=O)(O)OCCN)OC(=O)CCCCC. The molecule has 0 fully saturated rings. The van der Waals surface area contributed by atoms with Crippen LogP contribution in [0.4, 0.5) is 0 Å². The van der Waals surface area contributed by atoms with Crippen molar-refractivity contribution in [3.05, 3.63) is 12.2 Å². The molecule has 8 nitrogen and oxygen atoms in total. The van der Waals surface area contributed by atoms with Crippen LogP contribution in [-0.2, 0) is 27.9 Å². The Morgan fingerprint density at radius 3 is 2.03 bits per heavy atom. The molecule has 0 aromatic rings. The van der Waals surface area contributed by atoms with Crippen molar-refractivity contribution in [2.45, 2.75) is 123 Å². The highest BCUT2D eigenvalue weighted by Crippen LogP contribution is 2.43. The third-order valence-corrected chi connectivity index (χ3v) is 6.67.